The average molecular weight is 442 g/mol. The van der Waals surface area contributed by atoms with Gasteiger partial charge in [-0.2, -0.15) is 0 Å². The minimum Gasteiger partial charge on any atom is -0.390 e. The molecule has 1 aromatic carbocycles. The summed E-state index contributed by atoms with van der Waals surface area (Å²) in [6.45, 7) is 5.68. The van der Waals surface area contributed by atoms with Crippen molar-refractivity contribution in [1.82, 2.24) is 14.5 Å². The molecule has 1 aliphatic rings. The Morgan fingerprint density at radius 1 is 1.16 bits per heavy atom. The summed E-state index contributed by atoms with van der Waals surface area (Å²) in [5.74, 6) is -2.96. The quantitative estimate of drug-likeness (QED) is 0.612. The van der Waals surface area contributed by atoms with E-state index in [1.54, 1.807) is 19.9 Å². The Bertz CT molecular complexity index is 1120. The maximum Gasteiger partial charge on any atom is 0.255 e. The molecule has 0 bridgehead atoms. The van der Waals surface area contributed by atoms with Gasteiger partial charge in [-0.1, -0.05) is 17.7 Å². The number of rotatable bonds is 5. The number of aromatic nitrogens is 2. The third-order valence-corrected chi connectivity index (χ3v) is 6.03. The van der Waals surface area contributed by atoms with Crippen LogP contribution in [0.4, 0.5) is 8.78 Å². The van der Waals surface area contributed by atoms with Gasteiger partial charge in [0.15, 0.2) is 0 Å². The fourth-order valence-corrected chi connectivity index (χ4v) is 4.08. The number of hydrogen-bond donors (Lipinski definition) is 1. The lowest BCUT2D eigenvalue weighted by Crippen LogP contribution is -2.42. The lowest BCUT2D eigenvalue weighted by molar-refractivity contribution is -0.0494. The number of fused-ring (bicyclic) bond motifs is 1. The Labute approximate surface area is 186 Å². The molecule has 1 amide bonds. The standard InChI is InChI=1S/C25H29F2N3O2/c1-17-4-6-20(7-5-17)30-21(8-9-24(2,3)32)15-18-14-19(16-28-22(18)30)23(31)29-12-10-25(26,27)11-13-29/h4-7,14-16,32H,8-13H2,1-3H3. The van der Waals surface area contributed by atoms with Crippen molar-refractivity contribution in [2.75, 3.05) is 13.1 Å². The number of halogens is 2. The third-order valence-electron chi connectivity index (χ3n) is 6.03. The first-order valence-electron chi connectivity index (χ1n) is 11.0. The van der Waals surface area contributed by atoms with Gasteiger partial charge >= 0.3 is 0 Å². The maximum absolute atomic E-state index is 13.5. The number of alkyl halides is 2. The summed E-state index contributed by atoms with van der Waals surface area (Å²) in [4.78, 5) is 19.0. The molecule has 0 unspecified atom stereocenters. The lowest BCUT2D eigenvalue weighted by Gasteiger charge is -2.31. The Balaban J connectivity index is 1.70. The van der Waals surface area contributed by atoms with Crippen molar-refractivity contribution in [3.05, 3.63) is 59.4 Å². The molecule has 170 valence electrons. The lowest BCUT2D eigenvalue weighted by atomic mass is 10.0. The van der Waals surface area contributed by atoms with Crippen molar-refractivity contribution in [2.45, 2.75) is 58.0 Å². The van der Waals surface area contributed by atoms with Gasteiger partial charge < -0.3 is 10.0 Å². The van der Waals surface area contributed by atoms with Crippen molar-refractivity contribution in [1.29, 1.82) is 0 Å². The molecule has 3 heterocycles. The van der Waals surface area contributed by atoms with Crippen LogP contribution < -0.4 is 0 Å². The summed E-state index contributed by atoms with van der Waals surface area (Å²) in [6, 6.07) is 11.9. The van der Waals surface area contributed by atoms with Crippen LogP contribution in [0.25, 0.3) is 16.7 Å². The summed E-state index contributed by atoms with van der Waals surface area (Å²) in [7, 11) is 0. The molecule has 5 nitrogen and oxygen atoms in total. The van der Waals surface area contributed by atoms with E-state index in [2.05, 4.69) is 9.55 Å². The van der Waals surface area contributed by atoms with Gasteiger partial charge in [0.1, 0.15) is 5.65 Å². The number of aryl methyl sites for hydroxylation is 2. The molecule has 0 spiro atoms. The van der Waals surface area contributed by atoms with E-state index in [0.29, 0.717) is 18.4 Å². The second-order valence-corrected chi connectivity index (χ2v) is 9.40. The van der Waals surface area contributed by atoms with Crippen LogP contribution in [0.1, 0.15) is 54.7 Å². The van der Waals surface area contributed by atoms with E-state index in [1.165, 1.54) is 11.1 Å². The number of aliphatic hydroxyl groups is 1. The molecule has 1 N–H and O–H groups in total. The molecule has 1 aliphatic heterocycles. The molecule has 2 aromatic heterocycles. The zero-order chi connectivity index (χ0) is 23.1. The molecule has 4 rings (SSSR count). The molecular formula is C25H29F2N3O2. The molecule has 0 atom stereocenters. The molecule has 32 heavy (non-hydrogen) atoms. The number of hydrogen-bond acceptors (Lipinski definition) is 3. The smallest absolute Gasteiger partial charge is 0.255 e. The number of carbonyl (C=O) groups is 1. The van der Waals surface area contributed by atoms with Crippen LogP contribution in [0.2, 0.25) is 0 Å². The molecule has 7 heteroatoms. The van der Waals surface area contributed by atoms with E-state index in [4.69, 9.17) is 0 Å². The molecule has 3 aromatic rings. The minimum atomic E-state index is -2.69. The Morgan fingerprint density at radius 2 is 1.81 bits per heavy atom. The predicted octanol–water partition coefficient (Wildman–Crippen LogP) is 4.91. The third kappa shape index (κ3) is 4.83. The van der Waals surface area contributed by atoms with Crippen LogP contribution in [0, 0.1) is 6.92 Å². The summed E-state index contributed by atoms with van der Waals surface area (Å²) in [5, 5.41) is 11.0. The largest absolute Gasteiger partial charge is 0.390 e. The molecular weight excluding hydrogens is 412 g/mol. The Morgan fingerprint density at radius 3 is 2.44 bits per heavy atom. The highest BCUT2D eigenvalue weighted by Gasteiger charge is 2.36. The number of pyridine rings is 1. The topological polar surface area (TPSA) is 58.4 Å². The highest BCUT2D eigenvalue weighted by atomic mass is 19.3. The minimum absolute atomic E-state index is 0.0467. The monoisotopic (exact) mass is 441 g/mol. The maximum atomic E-state index is 13.5. The Hall–Kier alpha value is -2.80. The zero-order valence-electron chi connectivity index (χ0n) is 18.7. The van der Waals surface area contributed by atoms with Crippen LogP contribution in [0.3, 0.4) is 0 Å². The van der Waals surface area contributed by atoms with Crippen LogP contribution in [0.5, 0.6) is 0 Å². The fourth-order valence-electron chi connectivity index (χ4n) is 4.08. The normalized spacial score (nSPS) is 16.5. The first-order chi connectivity index (χ1) is 15.0. The zero-order valence-corrected chi connectivity index (χ0v) is 18.7. The van der Waals surface area contributed by atoms with Gasteiger partial charge in [0.25, 0.3) is 11.8 Å². The van der Waals surface area contributed by atoms with Crippen molar-refractivity contribution < 1.29 is 18.7 Å². The van der Waals surface area contributed by atoms with Gasteiger partial charge in [0.05, 0.1) is 11.2 Å². The van der Waals surface area contributed by atoms with E-state index in [-0.39, 0.29) is 31.8 Å². The van der Waals surface area contributed by atoms with E-state index >= 15 is 0 Å². The van der Waals surface area contributed by atoms with Gasteiger partial charge in [-0.05, 0) is 57.9 Å². The summed E-state index contributed by atoms with van der Waals surface area (Å²) in [6.07, 6.45) is 2.13. The van der Waals surface area contributed by atoms with Gasteiger partial charge in [-0.3, -0.25) is 9.36 Å². The summed E-state index contributed by atoms with van der Waals surface area (Å²) in [5.41, 5.74) is 3.41. The number of carbonyl (C=O) groups excluding carboxylic acids is 1. The van der Waals surface area contributed by atoms with Crippen LogP contribution in [0.15, 0.2) is 42.6 Å². The predicted molar refractivity (Wildman–Crippen MR) is 121 cm³/mol. The number of piperidine rings is 1. The van der Waals surface area contributed by atoms with E-state index < -0.39 is 11.5 Å². The van der Waals surface area contributed by atoms with Crippen LogP contribution in [-0.2, 0) is 6.42 Å². The van der Waals surface area contributed by atoms with Crippen molar-refractivity contribution in [3.63, 3.8) is 0 Å². The summed E-state index contributed by atoms with van der Waals surface area (Å²) >= 11 is 0. The molecule has 1 fully saturated rings. The van der Waals surface area contributed by atoms with Gasteiger partial charge in [-0.15, -0.1) is 0 Å². The summed E-state index contributed by atoms with van der Waals surface area (Å²) < 4.78 is 29.0. The first kappa shape index (κ1) is 22.4. The van der Waals surface area contributed by atoms with Gasteiger partial charge in [0.2, 0.25) is 0 Å². The SMILES string of the molecule is Cc1ccc(-n2c(CCC(C)(C)O)cc3cc(C(=O)N4CCC(F)(F)CC4)cnc32)cc1. The fraction of sp³-hybridized carbons (Fsp3) is 0.440. The number of nitrogens with zero attached hydrogens (tertiary/aromatic N) is 3. The second-order valence-electron chi connectivity index (χ2n) is 9.40. The second kappa shape index (κ2) is 8.28. The van der Waals surface area contributed by atoms with E-state index in [1.807, 2.05) is 37.3 Å². The number of amides is 1. The van der Waals surface area contributed by atoms with E-state index in [9.17, 15) is 18.7 Å². The van der Waals surface area contributed by atoms with Gasteiger partial charge in [0, 0.05) is 48.9 Å². The molecule has 1 saturated heterocycles. The van der Waals surface area contributed by atoms with Crippen LogP contribution >= 0.6 is 0 Å². The molecule has 0 saturated carbocycles. The highest BCUT2D eigenvalue weighted by Crippen LogP contribution is 2.30. The number of benzene rings is 1. The van der Waals surface area contributed by atoms with Crippen molar-refractivity contribution in [2.24, 2.45) is 0 Å². The Kier molecular flexibility index (Phi) is 5.79. The first-order valence-corrected chi connectivity index (χ1v) is 11.0. The van der Waals surface area contributed by atoms with Crippen LogP contribution in [-0.4, -0.2) is 50.1 Å². The molecule has 0 radical (unpaired) electrons. The molecule has 0 aliphatic carbocycles. The van der Waals surface area contributed by atoms with Crippen molar-refractivity contribution in [3.8, 4) is 5.69 Å². The van der Waals surface area contributed by atoms with E-state index in [0.717, 1.165) is 28.0 Å². The van der Waals surface area contributed by atoms with Crippen molar-refractivity contribution >= 4 is 16.9 Å². The highest BCUT2D eigenvalue weighted by molar-refractivity contribution is 5.97. The number of likely N-dealkylation sites (tertiary alicyclic amines) is 1. The van der Waals surface area contributed by atoms with Gasteiger partial charge in [-0.25, -0.2) is 13.8 Å². The average Bonchev–Trinajstić information content (AvgIpc) is 3.09.